The summed E-state index contributed by atoms with van der Waals surface area (Å²) in [6.45, 7) is 1.77. The predicted octanol–water partition coefficient (Wildman–Crippen LogP) is 1.67. The molecule has 0 fully saturated rings. The van der Waals surface area contributed by atoms with Crippen LogP contribution < -0.4 is 10.6 Å². The Morgan fingerprint density at radius 3 is 2.78 bits per heavy atom. The third-order valence-corrected chi connectivity index (χ3v) is 5.37. The van der Waals surface area contributed by atoms with Crippen molar-refractivity contribution in [3.05, 3.63) is 52.6 Å². The van der Waals surface area contributed by atoms with Crippen LogP contribution in [0.25, 0.3) is 0 Å². The number of amides is 1. The van der Waals surface area contributed by atoms with Crippen LogP contribution in [0.2, 0.25) is 0 Å². The second kappa shape index (κ2) is 5.97. The van der Waals surface area contributed by atoms with Crippen LogP contribution in [0.1, 0.15) is 31.7 Å². The lowest BCUT2D eigenvalue weighted by atomic mass is 9.64. The van der Waals surface area contributed by atoms with Crippen LogP contribution >= 0.6 is 0 Å². The zero-order valence-corrected chi connectivity index (χ0v) is 15.2. The molecule has 27 heavy (non-hydrogen) atoms. The number of fused-ring (bicyclic) bond motifs is 3. The first-order valence-corrected chi connectivity index (χ1v) is 8.94. The van der Waals surface area contributed by atoms with Gasteiger partial charge < -0.3 is 20.1 Å². The first-order chi connectivity index (χ1) is 12.9. The molecule has 0 saturated carbocycles. The van der Waals surface area contributed by atoms with Crippen molar-refractivity contribution in [2.24, 2.45) is 5.73 Å². The van der Waals surface area contributed by atoms with Crippen molar-refractivity contribution >= 4 is 23.3 Å². The van der Waals surface area contributed by atoms with Gasteiger partial charge in [-0.05, 0) is 19.4 Å². The number of Topliss-reactive ketones (excluding diaryl/α,β-unsaturated/α-hetero) is 1. The Bertz CT molecular complexity index is 945. The van der Waals surface area contributed by atoms with Crippen LogP contribution in [-0.4, -0.2) is 31.3 Å². The minimum absolute atomic E-state index is 0.108. The molecule has 7 nitrogen and oxygen atoms in total. The number of esters is 1. The van der Waals surface area contributed by atoms with Crippen molar-refractivity contribution in [3.63, 3.8) is 0 Å². The van der Waals surface area contributed by atoms with Gasteiger partial charge in [0.2, 0.25) is 11.8 Å². The van der Waals surface area contributed by atoms with E-state index < -0.39 is 17.3 Å². The highest BCUT2D eigenvalue weighted by Gasteiger charge is 2.63. The van der Waals surface area contributed by atoms with Gasteiger partial charge in [0.15, 0.2) is 5.78 Å². The van der Waals surface area contributed by atoms with Gasteiger partial charge in [-0.2, -0.15) is 0 Å². The van der Waals surface area contributed by atoms with E-state index in [0.29, 0.717) is 36.3 Å². The number of nitrogens with zero attached hydrogens (tertiary/aromatic N) is 1. The first-order valence-electron chi connectivity index (χ1n) is 8.94. The zero-order valence-electron chi connectivity index (χ0n) is 15.2. The van der Waals surface area contributed by atoms with E-state index in [4.69, 9.17) is 15.2 Å². The van der Waals surface area contributed by atoms with Crippen molar-refractivity contribution in [3.8, 4) is 0 Å². The molecule has 1 aromatic carbocycles. The van der Waals surface area contributed by atoms with E-state index >= 15 is 0 Å². The summed E-state index contributed by atoms with van der Waals surface area (Å²) in [5.41, 5.74) is 5.79. The fourth-order valence-corrected chi connectivity index (χ4v) is 4.33. The van der Waals surface area contributed by atoms with Gasteiger partial charge in [0.25, 0.3) is 0 Å². The molecule has 1 aromatic rings. The summed E-state index contributed by atoms with van der Waals surface area (Å²) >= 11 is 0. The quantitative estimate of drug-likeness (QED) is 0.798. The standard InChI is InChI=1S/C20H20N2O5/c1-3-26-18(24)16-17(21)27-14-10-6-9-13(23)15(14)20(16)11-7-4-5-8-12(11)22(2)19(20)25/h4-5,7-8H,3,6,9-10,21H2,1-2H3/t20-/m0/s1. The fourth-order valence-electron chi connectivity index (χ4n) is 4.33. The molecule has 1 spiro atoms. The molecule has 0 bridgehead atoms. The molecule has 2 aliphatic heterocycles. The molecule has 7 heteroatoms. The maximum atomic E-state index is 13.6. The first kappa shape index (κ1) is 17.3. The third-order valence-electron chi connectivity index (χ3n) is 5.37. The summed E-state index contributed by atoms with van der Waals surface area (Å²) in [7, 11) is 1.62. The number of likely N-dealkylation sites (N-methyl/N-ethyl adjacent to an activating group) is 1. The van der Waals surface area contributed by atoms with E-state index in [1.165, 1.54) is 4.90 Å². The smallest absolute Gasteiger partial charge is 0.341 e. The Labute approximate surface area is 156 Å². The number of allylic oxidation sites excluding steroid dienone is 1. The number of hydrogen-bond acceptors (Lipinski definition) is 6. The van der Waals surface area contributed by atoms with Gasteiger partial charge in [-0.25, -0.2) is 4.79 Å². The van der Waals surface area contributed by atoms with E-state index in [-0.39, 0.29) is 29.4 Å². The molecule has 0 saturated heterocycles. The number of carbonyl (C=O) groups excluding carboxylic acids is 3. The maximum absolute atomic E-state index is 13.6. The molecule has 1 amide bonds. The normalized spacial score (nSPS) is 24.1. The molecule has 1 atom stereocenters. The summed E-state index contributed by atoms with van der Waals surface area (Å²) in [6.07, 6.45) is 1.39. The van der Waals surface area contributed by atoms with Crippen LogP contribution in [0.5, 0.6) is 0 Å². The van der Waals surface area contributed by atoms with Crippen LogP contribution in [0.4, 0.5) is 5.69 Å². The van der Waals surface area contributed by atoms with Gasteiger partial charge in [-0.3, -0.25) is 9.59 Å². The van der Waals surface area contributed by atoms with Gasteiger partial charge in [0.05, 0.1) is 12.2 Å². The molecule has 0 aromatic heterocycles. The second-order valence-electron chi connectivity index (χ2n) is 6.77. The molecular formula is C20H20N2O5. The van der Waals surface area contributed by atoms with Crippen LogP contribution in [0.15, 0.2) is 47.1 Å². The summed E-state index contributed by atoms with van der Waals surface area (Å²) in [4.78, 5) is 40.9. The minimum Gasteiger partial charge on any atom is -0.462 e. The van der Waals surface area contributed by atoms with Crippen LogP contribution in [-0.2, 0) is 29.3 Å². The number of rotatable bonds is 2. The minimum atomic E-state index is -1.62. The third kappa shape index (κ3) is 2.11. The van der Waals surface area contributed by atoms with E-state index in [9.17, 15) is 14.4 Å². The lowest BCUT2D eigenvalue weighted by Gasteiger charge is -2.38. The van der Waals surface area contributed by atoms with Gasteiger partial charge >= 0.3 is 5.97 Å². The molecule has 0 unspecified atom stereocenters. The average molecular weight is 368 g/mol. The van der Waals surface area contributed by atoms with Crippen molar-refractivity contribution in [2.45, 2.75) is 31.6 Å². The average Bonchev–Trinajstić information content (AvgIpc) is 2.85. The number of hydrogen-bond donors (Lipinski definition) is 1. The van der Waals surface area contributed by atoms with E-state index in [2.05, 4.69) is 0 Å². The Morgan fingerprint density at radius 2 is 2.04 bits per heavy atom. The number of carbonyl (C=O) groups is 3. The number of anilines is 1. The maximum Gasteiger partial charge on any atom is 0.341 e. The number of benzene rings is 1. The molecule has 0 radical (unpaired) electrons. The molecule has 4 rings (SSSR count). The highest BCUT2D eigenvalue weighted by molar-refractivity contribution is 6.23. The lowest BCUT2D eigenvalue weighted by Crippen LogP contribution is -2.50. The van der Waals surface area contributed by atoms with Crippen molar-refractivity contribution in [2.75, 3.05) is 18.6 Å². The van der Waals surface area contributed by atoms with Gasteiger partial charge in [-0.15, -0.1) is 0 Å². The van der Waals surface area contributed by atoms with Crippen molar-refractivity contribution < 1.29 is 23.9 Å². The topological polar surface area (TPSA) is 98.9 Å². The van der Waals surface area contributed by atoms with Gasteiger partial charge in [0, 0.05) is 31.1 Å². The SMILES string of the molecule is CCOC(=O)C1=C(N)OC2=C(C(=O)CCC2)[C@]12C(=O)N(C)c1ccccc12. The second-order valence-corrected chi connectivity index (χ2v) is 6.77. The molecule has 2 heterocycles. The van der Waals surface area contributed by atoms with Crippen molar-refractivity contribution in [1.29, 1.82) is 0 Å². The van der Waals surface area contributed by atoms with Crippen LogP contribution in [0.3, 0.4) is 0 Å². The lowest BCUT2D eigenvalue weighted by molar-refractivity contribution is -0.141. The van der Waals surface area contributed by atoms with Gasteiger partial charge in [-0.1, -0.05) is 18.2 Å². The number of para-hydroxylation sites is 1. The van der Waals surface area contributed by atoms with Crippen molar-refractivity contribution in [1.82, 2.24) is 0 Å². The molecular weight excluding hydrogens is 348 g/mol. The van der Waals surface area contributed by atoms with Crippen LogP contribution in [0, 0.1) is 0 Å². The Kier molecular flexibility index (Phi) is 3.83. The number of nitrogens with two attached hydrogens (primary N) is 1. The summed E-state index contributed by atoms with van der Waals surface area (Å²) in [6, 6.07) is 7.11. The summed E-state index contributed by atoms with van der Waals surface area (Å²) in [5, 5.41) is 0. The van der Waals surface area contributed by atoms with Gasteiger partial charge in [0.1, 0.15) is 16.7 Å². The predicted molar refractivity (Wildman–Crippen MR) is 96.3 cm³/mol. The molecule has 3 aliphatic rings. The highest BCUT2D eigenvalue weighted by Crippen LogP contribution is 2.55. The highest BCUT2D eigenvalue weighted by atomic mass is 16.5. The Morgan fingerprint density at radius 1 is 1.30 bits per heavy atom. The van der Waals surface area contributed by atoms with E-state index in [0.717, 1.165) is 0 Å². The molecule has 140 valence electrons. The Hall–Kier alpha value is -3.09. The van der Waals surface area contributed by atoms with E-state index in [1.54, 1.807) is 38.2 Å². The molecule has 1 aliphatic carbocycles. The number of ether oxygens (including phenoxy) is 2. The fraction of sp³-hybridized carbons (Fsp3) is 0.350. The summed E-state index contributed by atoms with van der Waals surface area (Å²) < 4.78 is 10.9. The van der Waals surface area contributed by atoms with E-state index in [1.807, 2.05) is 0 Å². The number of ketones is 1. The molecule has 2 N–H and O–H groups in total. The monoisotopic (exact) mass is 368 g/mol. The largest absolute Gasteiger partial charge is 0.462 e. The Balaban J connectivity index is 2.10. The summed E-state index contributed by atoms with van der Waals surface area (Å²) in [5.74, 6) is -1.17. The zero-order chi connectivity index (χ0) is 19.3.